The smallest absolute Gasteiger partial charge is 0.657 e. The zero-order chi connectivity index (χ0) is 32.0. The Labute approximate surface area is 270 Å². The van der Waals surface area contributed by atoms with Crippen LogP contribution in [0.4, 0.5) is 0 Å². The first-order valence-electron chi connectivity index (χ1n) is 14.1. The van der Waals surface area contributed by atoms with Gasteiger partial charge in [0.15, 0.2) is 5.78 Å². The summed E-state index contributed by atoms with van der Waals surface area (Å²) in [5.41, 5.74) is 9.23. The number of carboxylic acid groups (broad SMARTS) is 2. The van der Waals surface area contributed by atoms with E-state index < -0.39 is 11.9 Å². The van der Waals surface area contributed by atoms with E-state index >= 15 is 0 Å². The average molecular weight is 648 g/mol. The second kappa shape index (κ2) is 12.7. The van der Waals surface area contributed by atoms with Crippen molar-refractivity contribution in [2.75, 3.05) is 0 Å². The number of aromatic nitrogens is 4. The Kier molecular flexibility index (Phi) is 9.37. The van der Waals surface area contributed by atoms with Crippen LogP contribution in [-0.4, -0.2) is 43.0 Å². The number of rotatable bonds is 8. The number of allylic oxidation sites excluding steroid dienone is 4. The van der Waals surface area contributed by atoms with Gasteiger partial charge in [-0.3, -0.25) is 14.4 Å². The van der Waals surface area contributed by atoms with Crippen LogP contribution >= 0.6 is 0 Å². The molecule has 2 aliphatic heterocycles. The van der Waals surface area contributed by atoms with E-state index in [-0.39, 0.29) is 54.3 Å². The van der Waals surface area contributed by atoms with E-state index in [0.29, 0.717) is 67.1 Å². The van der Waals surface area contributed by atoms with Crippen molar-refractivity contribution in [3.05, 3.63) is 81.6 Å². The number of carbonyl (C=O) groups excluding carboxylic acids is 1. The maximum atomic E-state index is 12.8. The summed E-state index contributed by atoms with van der Waals surface area (Å²) in [5.74, 6) is -2.24. The third-order valence-corrected chi connectivity index (χ3v) is 8.20. The van der Waals surface area contributed by atoms with Gasteiger partial charge in [0.2, 0.25) is 0 Å². The maximum Gasteiger partial charge on any atom is 2.00 e. The molecule has 45 heavy (non-hydrogen) atoms. The fourth-order valence-electron chi connectivity index (χ4n) is 5.87. The molecule has 5 rings (SSSR count). The summed E-state index contributed by atoms with van der Waals surface area (Å²) < 4.78 is 0. The Morgan fingerprint density at radius 3 is 1.84 bits per heavy atom. The van der Waals surface area contributed by atoms with Crippen LogP contribution in [0.3, 0.4) is 0 Å². The number of nitrogens with zero attached hydrogens (tertiary/aromatic N) is 4. The molecule has 0 atom stereocenters. The molecule has 0 unspecified atom stereocenters. The molecular formula is C34H32FeN4O6. The van der Waals surface area contributed by atoms with Crippen LogP contribution in [0.15, 0.2) is 36.6 Å². The minimum absolute atomic E-state index is 0. The van der Waals surface area contributed by atoms with Crippen molar-refractivity contribution >= 4 is 62.1 Å². The number of hydrogen-bond acceptors (Lipinski definition) is 6. The molecule has 2 aliphatic rings. The Morgan fingerprint density at radius 1 is 0.711 bits per heavy atom. The summed E-state index contributed by atoms with van der Waals surface area (Å²) in [5, 5.41) is 29.4. The van der Waals surface area contributed by atoms with Crippen molar-refractivity contribution < 1.29 is 46.8 Å². The number of carbonyl (C=O) groups is 3. The molecule has 10 nitrogen and oxygen atoms in total. The second-order valence-electron chi connectivity index (χ2n) is 11.1. The zero-order valence-corrected chi connectivity index (χ0v) is 26.7. The number of hydrogen-bond donors (Lipinski definition) is 3. The SMILES string of the molecule is C=C(O)C1=C(C)c2cc3[n-]c(cc4nc(cc5[n-]c(cc1n2)c(C)c5C(C)=O)C(C)=C4CCC(=O)O)c(CCC(=O)O)c3C.[Fe+2]. The van der Waals surface area contributed by atoms with E-state index in [1.165, 1.54) is 6.92 Å². The van der Waals surface area contributed by atoms with E-state index in [0.717, 1.165) is 22.3 Å². The minimum atomic E-state index is -0.948. The van der Waals surface area contributed by atoms with E-state index in [9.17, 15) is 29.7 Å². The van der Waals surface area contributed by atoms with Crippen LogP contribution in [-0.2, 0) is 33.1 Å². The van der Waals surface area contributed by atoms with Gasteiger partial charge < -0.3 is 25.3 Å². The van der Waals surface area contributed by atoms with Gasteiger partial charge in [-0.05, 0) is 64.2 Å². The monoisotopic (exact) mass is 648 g/mol. The molecule has 3 N–H and O–H groups in total. The number of Topliss-reactive ketones (excluding diaryl/α,β-unsaturated/α-hetero) is 1. The van der Waals surface area contributed by atoms with E-state index in [2.05, 4.69) is 6.58 Å². The van der Waals surface area contributed by atoms with Crippen LogP contribution in [0.2, 0.25) is 0 Å². The molecule has 0 radical (unpaired) electrons. The van der Waals surface area contributed by atoms with Gasteiger partial charge >= 0.3 is 29.0 Å². The molecule has 0 amide bonds. The average Bonchev–Trinajstić information content (AvgIpc) is 3.59. The number of aliphatic hydroxyl groups is 1. The van der Waals surface area contributed by atoms with E-state index in [1.54, 1.807) is 31.2 Å². The van der Waals surface area contributed by atoms with Crippen molar-refractivity contribution in [2.24, 2.45) is 0 Å². The third kappa shape index (κ3) is 6.27. The summed E-state index contributed by atoms with van der Waals surface area (Å²) >= 11 is 0. The van der Waals surface area contributed by atoms with Crippen molar-refractivity contribution in [1.82, 2.24) is 19.9 Å². The maximum absolute atomic E-state index is 12.8. The Balaban J connectivity index is 0.00000461. The van der Waals surface area contributed by atoms with Crippen LogP contribution in [0.25, 0.3) is 44.4 Å². The van der Waals surface area contributed by atoms with Gasteiger partial charge in [0.1, 0.15) is 5.76 Å². The molecule has 0 saturated carbocycles. The summed E-state index contributed by atoms with van der Waals surface area (Å²) in [7, 11) is 0. The number of aliphatic carboxylic acids is 2. The van der Waals surface area contributed by atoms with Crippen molar-refractivity contribution in [3.63, 3.8) is 0 Å². The number of ketones is 1. The molecule has 5 heterocycles. The van der Waals surface area contributed by atoms with Gasteiger partial charge in [0.05, 0.1) is 22.8 Å². The molecule has 0 fully saturated rings. The Hall–Kier alpha value is -4.73. The first-order chi connectivity index (χ1) is 20.8. The van der Waals surface area contributed by atoms with Gasteiger partial charge in [0.25, 0.3) is 0 Å². The summed E-state index contributed by atoms with van der Waals surface area (Å²) in [6, 6.07) is 6.98. The van der Waals surface area contributed by atoms with Crippen molar-refractivity contribution in [2.45, 2.75) is 60.3 Å². The normalized spacial score (nSPS) is 12.7. The summed E-state index contributed by atoms with van der Waals surface area (Å²) in [4.78, 5) is 55.2. The molecular weight excluding hydrogens is 616 g/mol. The van der Waals surface area contributed by atoms with Crippen LogP contribution in [0, 0.1) is 13.8 Å². The molecule has 8 bridgehead atoms. The van der Waals surface area contributed by atoms with E-state index in [4.69, 9.17) is 19.9 Å². The van der Waals surface area contributed by atoms with Gasteiger partial charge in [-0.15, -0.1) is 22.1 Å². The number of carboxylic acids is 2. The van der Waals surface area contributed by atoms with Gasteiger partial charge in [-0.25, -0.2) is 9.97 Å². The first-order valence-corrected chi connectivity index (χ1v) is 14.1. The van der Waals surface area contributed by atoms with Crippen LogP contribution in [0.1, 0.15) is 89.9 Å². The van der Waals surface area contributed by atoms with Crippen LogP contribution < -0.4 is 9.97 Å². The Morgan fingerprint density at radius 2 is 1.22 bits per heavy atom. The van der Waals surface area contributed by atoms with Gasteiger partial charge in [-0.1, -0.05) is 47.5 Å². The van der Waals surface area contributed by atoms with Crippen molar-refractivity contribution in [1.29, 1.82) is 0 Å². The molecule has 3 aromatic heterocycles. The molecule has 0 saturated heterocycles. The zero-order valence-electron chi connectivity index (χ0n) is 25.6. The molecule has 0 aliphatic carbocycles. The first kappa shape index (κ1) is 33.2. The second-order valence-corrected chi connectivity index (χ2v) is 11.1. The predicted octanol–water partition coefficient (Wildman–Crippen LogP) is 6.21. The number of aryl methyl sites for hydroxylation is 3. The fourth-order valence-corrected chi connectivity index (χ4v) is 5.87. The van der Waals surface area contributed by atoms with E-state index in [1.807, 2.05) is 20.8 Å². The fraction of sp³-hybridized carbons (Fsp3) is 0.265. The standard InChI is InChI=1S/C34H34N4O6.Fe/c1-15-21(7-9-31(41)42)27-14-28-22(8-10-32(43)44)16(2)24(36-28)12-29-34(20(6)40)18(4)26(38-29)13-30-33(19(5)39)17(3)25(37-30)11-23(15)35-27;/h11-14H,5,7-10H2,1-4,6H3,(H5,35,36,37,38,39,40,41,42,43,44);/q;+2/p-2. The van der Waals surface area contributed by atoms with Gasteiger partial charge in [0, 0.05) is 24.0 Å². The number of fused-ring (bicyclic) bond motifs is 8. The summed E-state index contributed by atoms with van der Waals surface area (Å²) in [6.45, 7) is 12.5. The van der Waals surface area contributed by atoms with Crippen LogP contribution in [0.5, 0.6) is 0 Å². The largest absolute Gasteiger partial charge is 2.00 e. The molecule has 0 spiro atoms. The third-order valence-electron chi connectivity index (χ3n) is 8.20. The van der Waals surface area contributed by atoms with Gasteiger partial charge in [-0.2, -0.15) is 0 Å². The van der Waals surface area contributed by atoms with Crippen molar-refractivity contribution in [3.8, 4) is 0 Å². The number of aliphatic hydroxyl groups excluding tert-OH is 1. The minimum Gasteiger partial charge on any atom is -0.657 e. The molecule has 0 aromatic carbocycles. The Bertz CT molecular complexity index is 2030. The molecule has 3 aromatic rings. The predicted molar refractivity (Wildman–Crippen MR) is 168 cm³/mol. The topological polar surface area (TPSA) is 166 Å². The quantitative estimate of drug-likeness (QED) is 0.145. The summed E-state index contributed by atoms with van der Waals surface area (Å²) in [6.07, 6.45) is 0.225. The molecule has 232 valence electrons. The molecule has 11 heteroatoms.